The molecule has 0 aliphatic carbocycles. The molecule has 0 spiro atoms. The Kier molecular flexibility index (Phi) is 11.6. The summed E-state index contributed by atoms with van der Waals surface area (Å²) in [6.07, 6.45) is 0.432. The predicted molar refractivity (Wildman–Crippen MR) is 146 cm³/mol. The maximum atomic E-state index is 14.2. The lowest BCUT2D eigenvalue weighted by Gasteiger charge is -2.31. The number of benzene rings is 2. The molecule has 9 nitrogen and oxygen atoms in total. The zero-order valence-electron chi connectivity index (χ0n) is 22.4. The summed E-state index contributed by atoms with van der Waals surface area (Å²) < 4.78 is 56.9. The number of halogens is 5. The lowest BCUT2D eigenvalue weighted by molar-refractivity contribution is -0.145. The second-order valence-corrected chi connectivity index (χ2v) is 10.1. The summed E-state index contributed by atoms with van der Waals surface area (Å²) in [7, 11) is 0. The first-order valence-corrected chi connectivity index (χ1v) is 13.5. The van der Waals surface area contributed by atoms with Crippen LogP contribution in [-0.2, 0) is 19.1 Å². The van der Waals surface area contributed by atoms with E-state index in [1.165, 1.54) is 23.1 Å². The van der Waals surface area contributed by atoms with Crippen LogP contribution in [-0.4, -0.2) is 61.0 Å². The molecular weight excluding hydrogens is 604 g/mol. The van der Waals surface area contributed by atoms with Crippen LogP contribution in [0.1, 0.15) is 24.8 Å². The van der Waals surface area contributed by atoms with Crippen molar-refractivity contribution in [2.45, 2.75) is 32.2 Å². The van der Waals surface area contributed by atoms with Crippen molar-refractivity contribution in [2.24, 2.45) is 5.92 Å². The molecule has 1 aliphatic rings. The molecule has 1 aliphatic heterocycles. The van der Waals surface area contributed by atoms with Gasteiger partial charge < -0.3 is 24.4 Å². The fraction of sp³-hybridized carbons (Fsp3) is 0.357. The molecule has 14 heteroatoms. The fourth-order valence-electron chi connectivity index (χ4n) is 4.04. The molecule has 0 unspecified atom stereocenters. The normalized spacial score (nSPS) is 14.1. The van der Waals surface area contributed by atoms with Crippen molar-refractivity contribution in [2.75, 3.05) is 26.3 Å². The molecule has 1 fully saturated rings. The van der Waals surface area contributed by atoms with E-state index >= 15 is 0 Å². The number of nitrogens with zero attached hydrogens (tertiary/aromatic N) is 1. The summed E-state index contributed by atoms with van der Waals surface area (Å²) in [6, 6.07) is 3.47. The van der Waals surface area contributed by atoms with Gasteiger partial charge in [-0.25, -0.2) is 13.6 Å². The highest BCUT2D eigenvalue weighted by Gasteiger charge is 2.32. The van der Waals surface area contributed by atoms with Crippen molar-refractivity contribution in [3.8, 4) is 11.5 Å². The molecule has 1 heterocycles. The first-order valence-electron chi connectivity index (χ1n) is 12.7. The van der Waals surface area contributed by atoms with Crippen LogP contribution >= 0.6 is 23.2 Å². The highest BCUT2D eigenvalue weighted by atomic mass is 35.5. The first-order chi connectivity index (χ1) is 19.9. The Bertz CT molecular complexity index is 1340. The molecule has 2 aromatic carbocycles. The molecular formula is C28H27Cl2F3N2O7. The van der Waals surface area contributed by atoms with Gasteiger partial charge in [0, 0.05) is 30.6 Å². The molecule has 0 bridgehead atoms. The molecule has 2 aromatic rings. The average Bonchev–Trinajstić information content (AvgIpc) is 2.96. The maximum absolute atomic E-state index is 14.2. The number of carbonyl (C=O) groups is 4. The molecule has 226 valence electrons. The molecule has 0 saturated carbocycles. The molecule has 1 N–H and O–H groups in total. The van der Waals surface area contributed by atoms with Crippen molar-refractivity contribution in [1.82, 2.24) is 10.2 Å². The molecule has 0 aromatic heterocycles. The number of nitrogens with one attached hydrogen (secondary N) is 1. The van der Waals surface area contributed by atoms with E-state index in [9.17, 15) is 32.3 Å². The van der Waals surface area contributed by atoms with E-state index in [0.29, 0.717) is 6.07 Å². The zero-order chi connectivity index (χ0) is 31.0. The quantitative estimate of drug-likeness (QED) is 0.207. The number of amides is 2. The minimum absolute atomic E-state index is 0.0773. The van der Waals surface area contributed by atoms with Crippen molar-refractivity contribution < 1.29 is 46.6 Å². The van der Waals surface area contributed by atoms with E-state index in [1.54, 1.807) is 6.07 Å². The fourth-order valence-corrected chi connectivity index (χ4v) is 4.37. The standard InChI is InChI=1S/C28H27Cl2F3N2O7/c1-3-11-40-23(37)13-20(21(36)14-41-26-15(2)18(31)12-19(32)25(26)33)34-27(38)16-7-9-35(10-8-16)28(39)42-22-6-4-5-17(29)24(22)30/h3-6,12,16,20H,1,7-11,13-14H2,2H3,(H,34,38)/t20-/m0/s1. The van der Waals surface area contributed by atoms with Crippen LogP contribution in [0.2, 0.25) is 10.0 Å². The van der Waals surface area contributed by atoms with Gasteiger partial charge in [-0.2, -0.15) is 4.39 Å². The van der Waals surface area contributed by atoms with E-state index in [0.717, 1.165) is 6.92 Å². The van der Waals surface area contributed by atoms with Crippen molar-refractivity contribution >= 4 is 47.0 Å². The van der Waals surface area contributed by atoms with Gasteiger partial charge >= 0.3 is 12.1 Å². The van der Waals surface area contributed by atoms with E-state index in [2.05, 4.69) is 11.9 Å². The monoisotopic (exact) mass is 630 g/mol. The summed E-state index contributed by atoms with van der Waals surface area (Å²) >= 11 is 12.0. The molecule has 42 heavy (non-hydrogen) atoms. The van der Waals surface area contributed by atoms with Gasteiger partial charge in [0.2, 0.25) is 11.7 Å². The summed E-state index contributed by atoms with van der Waals surface area (Å²) in [6.45, 7) is 3.78. The Morgan fingerprint density at radius 1 is 1.14 bits per heavy atom. The van der Waals surface area contributed by atoms with E-state index in [4.69, 9.17) is 37.4 Å². The van der Waals surface area contributed by atoms with Crippen molar-refractivity contribution in [3.63, 3.8) is 0 Å². The number of piperidine rings is 1. The van der Waals surface area contributed by atoms with Crippen LogP contribution in [0.5, 0.6) is 11.5 Å². The van der Waals surface area contributed by atoms with Crippen LogP contribution in [0.25, 0.3) is 0 Å². The summed E-state index contributed by atoms with van der Waals surface area (Å²) in [5, 5.41) is 2.76. The van der Waals surface area contributed by atoms with Crippen LogP contribution in [0.3, 0.4) is 0 Å². The van der Waals surface area contributed by atoms with Gasteiger partial charge in [-0.1, -0.05) is 41.9 Å². The number of rotatable bonds is 11. The van der Waals surface area contributed by atoms with Crippen molar-refractivity contribution in [1.29, 1.82) is 0 Å². The van der Waals surface area contributed by atoms with E-state index in [1.807, 2.05) is 0 Å². The number of hydrogen-bond acceptors (Lipinski definition) is 7. The third-order valence-electron chi connectivity index (χ3n) is 6.40. The summed E-state index contributed by atoms with van der Waals surface area (Å²) in [4.78, 5) is 52.1. The predicted octanol–water partition coefficient (Wildman–Crippen LogP) is 5.18. The van der Waals surface area contributed by atoms with Gasteiger partial charge in [-0.15, -0.1) is 0 Å². The Morgan fingerprint density at radius 2 is 1.83 bits per heavy atom. The van der Waals surface area contributed by atoms with Crippen LogP contribution < -0.4 is 14.8 Å². The van der Waals surface area contributed by atoms with Gasteiger partial charge in [0.25, 0.3) is 0 Å². The molecule has 0 radical (unpaired) electrons. The highest BCUT2D eigenvalue weighted by Crippen LogP contribution is 2.32. The largest absolute Gasteiger partial charge is 0.482 e. The minimum Gasteiger partial charge on any atom is -0.482 e. The maximum Gasteiger partial charge on any atom is 0.415 e. The Morgan fingerprint density at radius 3 is 2.50 bits per heavy atom. The van der Waals surface area contributed by atoms with Crippen LogP contribution in [0.4, 0.5) is 18.0 Å². The molecule has 3 rings (SSSR count). The van der Waals surface area contributed by atoms with Gasteiger partial charge in [0.15, 0.2) is 23.1 Å². The SMILES string of the molecule is C=CCOC(=O)C[C@H](NC(=O)C1CCN(C(=O)Oc2cccc(Cl)c2Cl)CC1)C(=O)COc1c(C)c(F)cc(F)c1F. The summed E-state index contributed by atoms with van der Waals surface area (Å²) in [5.74, 6) is -7.75. The van der Waals surface area contributed by atoms with E-state index in [-0.39, 0.29) is 53.9 Å². The van der Waals surface area contributed by atoms with Crippen LogP contribution in [0, 0.1) is 30.3 Å². The number of carbonyl (C=O) groups excluding carboxylic acids is 4. The lowest BCUT2D eigenvalue weighted by Crippen LogP contribution is -2.49. The number of ether oxygens (including phenoxy) is 3. The number of hydrogen-bond donors (Lipinski definition) is 1. The second kappa shape index (κ2) is 14.9. The Labute approximate surface area is 249 Å². The molecule has 1 saturated heterocycles. The van der Waals surface area contributed by atoms with Gasteiger partial charge in [-0.05, 0) is 31.9 Å². The van der Waals surface area contributed by atoms with Gasteiger partial charge in [0.1, 0.15) is 30.1 Å². The molecule has 2 amide bonds. The highest BCUT2D eigenvalue weighted by molar-refractivity contribution is 6.43. The number of ketones is 1. The first kappa shape index (κ1) is 32.7. The van der Waals surface area contributed by atoms with Crippen molar-refractivity contribution in [3.05, 3.63) is 70.0 Å². The third-order valence-corrected chi connectivity index (χ3v) is 7.20. The summed E-state index contributed by atoms with van der Waals surface area (Å²) in [5.41, 5.74) is -0.365. The molecule has 1 atom stereocenters. The minimum atomic E-state index is -1.51. The number of Topliss-reactive ketones (excluding diaryl/α,β-unsaturated/α-hetero) is 1. The number of likely N-dealkylation sites (tertiary alicyclic amines) is 1. The second-order valence-electron chi connectivity index (χ2n) is 9.28. The van der Waals surface area contributed by atoms with Crippen LogP contribution in [0.15, 0.2) is 36.9 Å². The average molecular weight is 631 g/mol. The van der Waals surface area contributed by atoms with E-state index < -0.39 is 71.9 Å². The topological polar surface area (TPSA) is 111 Å². The Hall–Kier alpha value is -3.77. The smallest absolute Gasteiger partial charge is 0.415 e. The number of esters is 1. The zero-order valence-corrected chi connectivity index (χ0v) is 23.9. The van der Waals surface area contributed by atoms with Gasteiger partial charge in [-0.3, -0.25) is 14.4 Å². The lowest BCUT2D eigenvalue weighted by atomic mass is 9.95. The third kappa shape index (κ3) is 8.39. The van der Waals surface area contributed by atoms with Gasteiger partial charge in [0.05, 0.1) is 11.4 Å². The Balaban J connectivity index is 1.62.